The summed E-state index contributed by atoms with van der Waals surface area (Å²) in [6.07, 6.45) is 5.21. The molecule has 1 saturated heterocycles. The van der Waals surface area contributed by atoms with Gasteiger partial charge in [0.2, 0.25) is 5.76 Å². The summed E-state index contributed by atoms with van der Waals surface area (Å²) in [5.74, 6) is 0.479. The van der Waals surface area contributed by atoms with Crippen LogP contribution in [-0.2, 0) is 0 Å². The number of aryl methyl sites for hydroxylation is 1. The van der Waals surface area contributed by atoms with E-state index >= 15 is 0 Å². The summed E-state index contributed by atoms with van der Waals surface area (Å²) >= 11 is 0. The van der Waals surface area contributed by atoms with E-state index in [9.17, 15) is 9.59 Å². The molecule has 0 saturated carbocycles. The van der Waals surface area contributed by atoms with E-state index in [0.717, 1.165) is 42.9 Å². The van der Waals surface area contributed by atoms with Gasteiger partial charge in [0.05, 0.1) is 0 Å². The number of nitrogens with zero attached hydrogens (tertiary/aromatic N) is 3. The molecule has 0 bridgehead atoms. The summed E-state index contributed by atoms with van der Waals surface area (Å²) in [5.41, 5.74) is 3.43. The van der Waals surface area contributed by atoms with Crippen molar-refractivity contribution >= 4 is 23.3 Å². The van der Waals surface area contributed by atoms with Gasteiger partial charge in [0.15, 0.2) is 0 Å². The van der Waals surface area contributed by atoms with Crippen LogP contribution in [0.4, 0.5) is 11.5 Å². The van der Waals surface area contributed by atoms with Crippen molar-refractivity contribution in [1.29, 1.82) is 0 Å². The first kappa shape index (κ1) is 24.4. The van der Waals surface area contributed by atoms with Crippen LogP contribution in [0, 0.1) is 12.3 Å². The molecular formula is C27H33N5O3. The summed E-state index contributed by atoms with van der Waals surface area (Å²) in [7, 11) is 0. The third-order valence-electron chi connectivity index (χ3n) is 5.97. The Morgan fingerprint density at radius 2 is 1.80 bits per heavy atom. The molecule has 2 N–H and O–H groups in total. The molecule has 8 nitrogen and oxygen atoms in total. The summed E-state index contributed by atoms with van der Waals surface area (Å²) in [5, 5.41) is 9.93. The minimum Gasteiger partial charge on any atom is -0.357 e. The molecule has 3 aromatic rings. The second kappa shape index (κ2) is 10.3. The number of hydrogen-bond donors (Lipinski definition) is 2. The molecule has 0 radical (unpaired) electrons. The van der Waals surface area contributed by atoms with Crippen molar-refractivity contribution in [3.8, 4) is 11.3 Å². The van der Waals surface area contributed by atoms with Crippen LogP contribution < -0.4 is 15.5 Å². The summed E-state index contributed by atoms with van der Waals surface area (Å²) in [4.78, 5) is 32.1. The highest BCUT2D eigenvalue weighted by molar-refractivity contribution is 6.05. The van der Waals surface area contributed by atoms with Gasteiger partial charge in [-0.1, -0.05) is 32.0 Å². The Morgan fingerprint density at radius 1 is 1.03 bits per heavy atom. The van der Waals surface area contributed by atoms with Gasteiger partial charge in [-0.25, -0.2) is 4.98 Å². The molecule has 2 aromatic heterocycles. The maximum Gasteiger partial charge on any atom is 0.289 e. The zero-order valence-electron chi connectivity index (χ0n) is 20.9. The van der Waals surface area contributed by atoms with E-state index in [0.29, 0.717) is 23.5 Å². The molecule has 0 spiro atoms. The lowest BCUT2D eigenvalue weighted by Crippen LogP contribution is -2.31. The summed E-state index contributed by atoms with van der Waals surface area (Å²) < 4.78 is 5.30. The van der Waals surface area contributed by atoms with Gasteiger partial charge in [-0.05, 0) is 61.4 Å². The predicted octanol–water partition coefficient (Wildman–Crippen LogP) is 5.06. The van der Waals surface area contributed by atoms with Crippen molar-refractivity contribution in [2.24, 2.45) is 5.41 Å². The minimum atomic E-state index is -0.303. The molecule has 184 valence electrons. The number of carbonyl (C=O) groups excluding carboxylic acids is 2. The fourth-order valence-electron chi connectivity index (χ4n) is 3.98. The van der Waals surface area contributed by atoms with Crippen molar-refractivity contribution in [2.45, 2.75) is 47.0 Å². The van der Waals surface area contributed by atoms with Gasteiger partial charge in [0, 0.05) is 48.7 Å². The third kappa shape index (κ3) is 6.26. The standard InChI is InChI=1S/C27H33N5O3/c1-18-8-9-20(15-21(18)22-16-23(35-31-22)26(34)29-17-27(2,3)4)30-25(33)19-10-11-28-24(14-19)32-12-6-5-7-13-32/h8-11,14-16H,5-7,12-13,17H2,1-4H3,(H,29,34)(H,30,33). The lowest BCUT2D eigenvalue weighted by Gasteiger charge is -2.27. The predicted molar refractivity (Wildman–Crippen MR) is 137 cm³/mol. The lowest BCUT2D eigenvalue weighted by atomic mass is 9.97. The van der Waals surface area contributed by atoms with Crippen LogP contribution in [0.25, 0.3) is 11.3 Å². The van der Waals surface area contributed by atoms with E-state index in [1.165, 1.54) is 6.42 Å². The van der Waals surface area contributed by atoms with E-state index < -0.39 is 0 Å². The summed E-state index contributed by atoms with van der Waals surface area (Å²) in [6, 6.07) is 10.8. The molecule has 1 fully saturated rings. The van der Waals surface area contributed by atoms with Crippen molar-refractivity contribution in [3.05, 3.63) is 59.5 Å². The lowest BCUT2D eigenvalue weighted by molar-refractivity contribution is 0.0902. The molecule has 1 aliphatic heterocycles. The molecular weight excluding hydrogens is 442 g/mol. The van der Waals surface area contributed by atoms with E-state index in [4.69, 9.17) is 4.52 Å². The number of benzene rings is 1. The number of piperidine rings is 1. The van der Waals surface area contributed by atoms with E-state index in [1.54, 1.807) is 18.3 Å². The molecule has 4 rings (SSSR count). The Hall–Kier alpha value is -3.68. The Labute approximate surface area is 206 Å². The maximum absolute atomic E-state index is 13.0. The first-order valence-electron chi connectivity index (χ1n) is 12.1. The smallest absolute Gasteiger partial charge is 0.289 e. The number of rotatable bonds is 6. The minimum absolute atomic E-state index is 0.0367. The zero-order chi connectivity index (χ0) is 25.0. The number of amides is 2. The largest absolute Gasteiger partial charge is 0.357 e. The molecule has 3 heterocycles. The highest BCUT2D eigenvalue weighted by Gasteiger charge is 2.19. The van der Waals surface area contributed by atoms with E-state index in [1.807, 2.05) is 52.0 Å². The highest BCUT2D eigenvalue weighted by atomic mass is 16.5. The normalized spacial score (nSPS) is 14.0. The van der Waals surface area contributed by atoms with Gasteiger partial charge in [-0.2, -0.15) is 0 Å². The van der Waals surface area contributed by atoms with Crippen LogP contribution in [0.5, 0.6) is 0 Å². The van der Waals surface area contributed by atoms with Crippen LogP contribution in [0.2, 0.25) is 0 Å². The molecule has 0 atom stereocenters. The van der Waals surface area contributed by atoms with Crippen molar-refractivity contribution in [2.75, 3.05) is 29.9 Å². The second-order valence-corrected chi connectivity index (χ2v) is 10.3. The average Bonchev–Trinajstić information content (AvgIpc) is 3.34. The van der Waals surface area contributed by atoms with Crippen LogP contribution in [0.1, 0.15) is 66.5 Å². The topological polar surface area (TPSA) is 100 Å². The number of anilines is 2. The molecule has 1 aliphatic rings. The first-order valence-corrected chi connectivity index (χ1v) is 12.1. The van der Waals surface area contributed by atoms with Crippen molar-refractivity contribution < 1.29 is 14.1 Å². The second-order valence-electron chi connectivity index (χ2n) is 10.3. The highest BCUT2D eigenvalue weighted by Crippen LogP contribution is 2.27. The van der Waals surface area contributed by atoms with Gasteiger partial charge in [-0.15, -0.1) is 0 Å². The fourth-order valence-corrected chi connectivity index (χ4v) is 3.98. The monoisotopic (exact) mass is 475 g/mol. The van der Waals surface area contributed by atoms with Crippen LogP contribution in [0.3, 0.4) is 0 Å². The third-order valence-corrected chi connectivity index (χ3v) is 5.97. The Bertz CT molecular complexity index is 1210. The quantitative estimate of drug-likeness (QED) is 0.517. The van der Waals surface area contributed by atoms with Crippen molar-refractivity contribution in [1.82, 2.24) is 15.5 Å². The Balaban J connectivity index is 1.48. The number of pyridine rings is 1. The Morgan fingerprint density at radius 3 is 2.54 bits per heavy atom. The van der Waals surface area contributed by atoms with Gasteiger partial charge < -0.3 is 20.1 Å². The number of hydrogen-bond acceptors (Lipinski definition) is 6. The van der Waals surface area contributed by atoms with Crippen LogP contribution in [0.15, 0.2) is 47.1 Å². The zero-order valence-corrected chi connectivity index (χ0v) is 20.9. The van der Waals surface area contributed by atoms with Gasteiger partial charge in [0.25, 0.3) is 11.8 Å². The Kier molecular flexibility index (Phi) is 7.19. The fraction of sp³-hybridized carbons (Fsp3) is 0.407. The molecule has 0 aliphatic carbocycles. The van der Waals surface area contributed by atoms with Gasteiger partial charge in [-0.3, -0.25) is 9.59 Å². The SMILES string of the molecule is Cc1ccc(NC(=O)c2ccnc(N3CCCCC3)c2)cc1-c1cc(C(=O)NCC(C)(C)C)on1. The van der Waals surface area contributed by atoms with Crippen LogP contribution in [-0.4, -0.2) is 41.6 Å². The molecule has 1 aromatic carbocycles. The van der Waals surface area contributed by atoms with Gasteiger partial charge in [0.1, 0.15) is 11.5 Å². The van der Waals surface area contributed by atoms with Crippen molar-refractivity contribution in [3.63, 3.8) is 0 Å². The number of nitrogens with one attached hydrogen (secondary N) is 2. The van der Waals surface area contributed by atoms with Crippen LogP contribution >= 0.6 is 0 Å². The summed E-state index contributed by atoms with van der Waals surface area (Å²) in [6.45, 7) is 10.5. The molecule has 2 amide bonds. The average molecular weight is 476 g/mol. The number of carbonyl (C=O) groups is 2. The maximum atomic E-state index is 13.0. The van der Waals surface area contributed by atoms with Gasteiger partial charge >= 0.3 is 0 Å². The van der Waals surface area contributed by atoms with E-state index in [2.05, 4.69) is 25.7 Å². The first-order chi connectivity index (χ1) is 16.7. The number of aromatic nitrogens is 2. The molecule has 8 heteroatoms. The molecule has 0 unspecified atom stereocenters. The molecule has 35 heavy (non-hydrogen) atoms. The van der Waals surface area contributed by atoms with E-state index in [-0.39, 0.29) is 23.0 Å².